The minimum Gasteiger partial charge on any atom is -0.464 e. The molecule has 0 aromatic carbocycles. The van der Waals surface area contributed by atoms with Crippen molar-refractivity contribution in [2.24, 2.45) is 5.90 Å². The molecule has 1 aromatic heterocycles. The number of ether oxygens (including phenoxy) is 1. The van der Waals surface area contributed by atoms with Crippen LogP contribution < -0.4 is 5.90 Å². The van der Waals surface area contributed by atoms with Gasteiger partial charge in [-0.2, -0.15) is 0 Å². The summed E-state index contributed by atoms with van der Waals surface area (Å²) < 4.78 is 10.3. The predicted molar refractivity (Wildman–Crippen MR) is 43.3 cm³/mol. The van der Waals surface area contributed by atoms with E-state index in [2.05, 4.69) is 4.84 Å². The highest BCUT2D eigenvalue weighted by Gasteiger charge is 2.00. The maximum Gasteiger partial charge on any atom is 0.129 e. The number of hydrogen-bond acceptors (Lipinski definition) is 4. The van der Waals surface area contributed by atoms with Gasteiger partial charge in [0.05, 0.1) is 6.61 Å². The third kappa shape index (κ3) is 2.65. The molecule has 0 radical (unpaired) electrons. The first kappa shape index (κ1) is 9.25. The van der Waals surface area contributed by atoms with Crippen molar-refractivity contribution in [2.75, 3.05) is 13.7 Å². The van der Waals surface area contributed by atoms with Gasteiger partial charge in [-0.3, -0.25) is 0 Å². The average molecular weight is 171 g/mol. The van der Waals surface area contributed by atoms with E-state index in [9.17, 15) is 0 Å². The molecule has 0 aliphatic heterocycles. The van der Waals surface area contributed by atoms with Gasteiger partial charge in [-0.05, 0) is 12.1 Å². The van der Waals surface area contributed by atoms with Gasteiger partial charge in [-0.15, -0.1) is 0 Å². The zero-order valence-electron chi connectivity index (χ0n) is 7.08. The lowest BCUT2D eigenvalue weighted by atomic mass is 10.3. The van der Waals surface area contributed by atoms with Crippen molar-refractivity contribution in [3.8, 4) is 0 Å². The van der Waals surface area contributed by atoms with Crippen LogP contribution in [0.5, 0.6) is 0 Å². The van der Waals surface area contributed by atoms with Crippen LogP contribution in [0.15, 0.2) is 16.5 Å². The largest absolute Gasteiger partial charge is 0.464 e. The lowest BCUT2D eigenvalue weighted by Crippen LogP contribution is -2.02. The van der Waals surface area contributed by atoms with Gasteiger partial charge in [0.1, 0.15) is 18.1 Å². The van der Waals surface area contributed by atoms with Gasteiger partial charge in [0, 0.05) is 13.5 Å². The molecule has 1 rings (SSSR count). The molecule has 68 valence electrons. The van der Waals surface area contributed by atoms with Crippen LogP contribution in [0.25, 0.3) is 0 Å². The van der Waals surface area contributed by atoms with Crippen LogP contribution in [0.2, 0.25) is 0 Å². The molecule has 0 bridgehead atoms. The van der Waals surface area contributed by atoms with E-state index in [1.165, 1.54) is 0 Å². The molecule has 0 spiro atoms. The van der Waals surface area contributed by atoms with E-state index in [1.54, 1.807) is 7.11 Å². The van der Waals surface area contributed by atoms with Crippen LogP contribution in [-0.4, -0.2) is 13.7 Å². The monoisotopic (exact) mass is 171 g/mol. The average Bonchev–Trinajstić information content (AvgIpc) is 2.50. The van der Waals surface area contributed by atoms with Crippen LogP contribution in [0.1, 0.15) is 11.5 Å². The first-order valence-electron chi connectivity index (χ1n) is 3.75. The molecule has 2 N–H and O–H groups in total. The number of hydrogen-bond donors (Lipinski definition) is 1. The van der Waals surface area contributed by atoms with Crippen molar-refractivity contribution in [1.29, 1.82) is 0 Å². The van der Waals surface area contributed by atoms with E-state index in [4.69, 9.17) is 15.1 Å². The second-order valence-corrected chi connectivity index (χ2v) is 2.42. The lowest BCUT2D eigenvalue weighted by molar-refractivity contribution is 0.134. The number of furan rings is 1. The molecule has 4 nitrogen and oxygen atoms in total. The molecule has 12 heavy (non-hydrogen) atoms. The Morgan fingerprint density at radius 2 is 2.17 bits per heavy atom. The van der Waals surface area contributed by atoms with Crippen LogP contribution >= 0.6 is 0 Å². The lowest BCUT2D eigenvalue weighted by Gasteiger charge is -1.95. The molecule has 0 aliphatic rings. The van der Waals surface area contributed by atoms with E-state index in [1.807, 2.05) is 12.1 Å². The van der Waals surface area contributed by atoms with Gasteiger partial charge in [0.25, 0.3) is 0 Å². The van der Waals surface area contributed by atoms with Crippen LogP contribution in [0.3, 0.4) is 0 Å². The molecule has 0 fully saturated rings. The quantitative estimate of drug-likeness (QED) is 0.667. The van der Waals surface area contributed by atoms with Gasteiger partial charge in [-0.1, -0.05) is 0 Å². The molecule has 0 saturated heterocycles. The van der Waals surface area contributed by atoms with Crippen molar-refractivity contribution >= 4 is 0 Å². The van der Waals surface area contributed by atoms with E-state index in [-0.39, 0.29) is 0 Å². The van der Waals surface area contributed by atoms with Gasteiger partial charge < -0.3 is 14.0 Å². The fourth-order valence-electron chi connectivity index (χ4n) is 0.936. The minimum absolute atomic E-state index is 0.472. The molecule has 4 heteroatoms. The zero-order chi connectivity index (χ0) is 8.81. The van der Waals surface area contributed by atoms with E-state index < -0.39 is 0 Å². The van der Waals surface area contributed by atoms with Gasteiger partial charge in [-0.25, -0.2) is 5.90 Å². The normalized spacial score (nSPS) is 10.5. The highest BCUT2D eigenvalue weighted by atomic mass is 16.6. The Morgan fingerprint density at radius 3 is 2.83 bits per heavy atom. The Hall–Kier alpha value is -0.840. The predicted octanol–water partition coefficient (Wildman–Crippen LogP) is 0.859. The van der Waals surface area contributed by atoms with Crippen LogP contribution in [0, 0.1) is 0 Å². The summed E-state index contributed by atoms with van der Waals surface area (Å²) in [5.41, 5.74) is 0. The smallest absolute Gasteiger partial charge is 0.129 e. The molecule has 1 heterocycles. The molecular formula is C8H13NO3. The molecule has 0 aliphatic carbocycles. The summed E-state index contributed by atoms with van der Waals surface area (Å²) >= 11 is 0. The third-order valence-corrected chi connectivity index (χ3v) is 1.47. The summed E-state index contributed by atoms with van der Waals surface area (Å²) in [7, 11) is 1.63. The highest BCUT2D eigenvalue weighted by Crippen LogP contribution is 2.08. The fraction of sp³-hybridized carbons (Fsp3) is 0.500. The molecule has 0 atom stereocenters. The number of rotatable bonds is 5. The topological polar surface area (TPSA) is 57.6 Å². The zero-order valence-corrected chi connectivity index (χ0v) is 7.08. The Kier molecular flexibility index (Phi) is 3.79. The number of methoxy groups -OCH3 is 1. The summed E-state index contributed by atoms with van der Waals surface area (Å²) in [5, 5.41) is 0. The Bertz CT molecular complexity index is 222. The van der Waals surface area contributed by atoms with Crippen LogP contribution in [0.4, 0.5) is 0 Å². The van der Waals surface area contributed by atoms with E-state index in [0.717, 1.165) is 11.5 Å². The summed E-state index contributed by atoms with van der Waals surface area (Å²) in [6.45, 7) is 0.976. The molecule has 0 amide bonds. The molecule has 0 unspecified atom stereocenters. The Balaban J connectivity index is 2.41. The van der Waals surface area contributed by atoms with Crippen molar-refractivity contribution in [2.45, 2.75) is 13.0 Å². The SMILES string of the molecule is COCc1ccc(CCON)o1. The first-order chi connectivity index (χ1) is 5.86. The fourth-order valence-corrected chi connectivity index (χ4v) is 0.936. The van der Waals surface area contributed by atoms with Gasteiger partial charge in [0.15, 0.2) is 0 Å². The number of nitrogens with two attached hydrogens (primary N) is 1. The van der Waals surface area contributed by atoms with E-state index in [0.29, 0.717) is 19.6 Å². The van der Waals surface area contributed by atoms with Crippen molar-refractivity contribution in [3.63, 3.8) is 0 Å². The van der Waals surface area contributed by atoms with Gasteiger partial charge >= 0.3 is 0 Å². The minimum atomic E-state index is 0.472. The van der Waals surface area contributed by atoms with E-state index >= 15 is 0 Å². The molecular weight excluding hydrogens is 158 g/mol. The van der Waals surface area contributed by atoms with Crippen molar-refractivity contribution in [3.05, 3.63) is 23.7 Å². The second kappa shape index (κ2) is 4.92. The first-order valence-corrected chi connectivity index (χ1v) is 3.75. The third-order valence-electron chi connectivity index (χ3n) is 1.47. The van der Waals surface area contributed by atoms with Crippen molar-refractivity contribution in [1.82, 2.24) is 0 Å². The molecule has 0 saturated carbocycles. The maximum atomic E-state index is 5.37. The second-order valence-electron chi connectivity index (χ2n) is 2.42. The Labute approximate surface area is 71.2 Å². The van der Waals surface area contributed by atoms with Gasteiger partial charge in [0.2, 0.25) is 0 Å². The summed E-state index contributed by atoms with van der Waals surface area (Å²) in [5.74, 6) is 6.57. The summed E-state index contributed by atoms with van der Waals surface area (Å²) in [6, 6.07) is 3.78. The standard InChI is InChI=1S/C8H13NO3/c1-10-6-8-3-2-7(12-8)4-5-11-9/h2-3H,4-6,9H2,1H3. The summed E-state index contributed by atoms with van der Waals surface area (Å²) in [4.78, 5) is 4.42. The maximum absolute atomic E-state index is 5.37. The van der Waals surface area contributed by atoms with Crippen LogP contribution in [-0.2, 0) is 22.6 Å². The Morgan fingerprint density at radius 1 is 1.42 bits per heavy atom. The highest BCUT2D eigenvalue weighted by molar-refractivity contribution is 5.06. The molecule has 1 aromatic rings. The summed E-state index contributed by atoms with van der Waals surface area (Å²) in [6.07, 6.45) is 0.695. The van der Waals surface area contributed by atoms with Crippen molar-refractivity contribution < 1.29 is 14.0 Å².